The van der Waals surface area contributed by atoms with Gasteiger partial charge in [0.2, 0.25) is 0 Å². The highest BCUT2D eigenvalue weighted by atomic mass is 16.6. The van der Waals surface area contributed by atoms with E-state index in [-0.39, 0.29) is 26.1 Å². The van der Waals surface area contributed by atoms with E-state index in [1.165, 1.54) is 116 Å². The molecule has 0 amide bonds. The molecule has 0 bridgehead atoms. The van der Waals surface area contributed by atoms with Crippen LogP contribution in [0.2, 0.25) is 0 Å². The number of unbranched alkanes of at least 4 members (excludes halogenated alkanes) is 22. The molecule has 0 unspecified atom stereocenters. The molecule has 0 fully saturated rings. The van der Waals surface area contributed by atoms with Crippen LogP contribution in [-0.2, 0) is 4.74 Å². The Morgan fingerprint density at radius 3 is 0.811 bits per heavy atom. The van der Waals surface area contributed by atoms with Crippen molar-refractivity contribution in [1.29, 1.82) is 0 Å². The van der Waals surface area contributed by atoms with Crippen molar-refractivity contribution >= 4 is 0 Å². The predicted molar refractivity (Wildman–Crippen MR) is 157 cm³/mol. The van der Waals surface area contributed by atoms with Crippen LogP contribution in [0, 0.1) is 0 Å². The lowest BCUT2D eigenvalue weighted by Crippen LogP contribution is -2.39. The van der Waals surface area contributed by atoms with Gasteiger partial charge in [0, 0.05) is 12.8 Å². The summed E-state index contributed by atoms with van der Waals surface area (Å²) in [6.07, 6.45) is 30.1. The van der Waals surface area contributed by atoms with E-state index in [9.17, 15) is 20.4 Å². The van der Waals surface area contributed by atoms with Gasteiger partial charge in [0.1, 0.15) is 13.2 Å². The van der Waals surface area contributed by atoms with E-state index in [0.717, 1.165) is 38.5 Å². The third kappa shape index (κ3) is 28.6. The molecule has 0 atom stereocenters. The van der Waals surface area contributed by atoms with Crippen molar-refractivity contribution in [3.05, 3.63) is 0 Å². The molecular weight excluding hydrogens is 464 g/mol. The lowest BCUT2D eigenvalue weighted by Gasteiger charge is -2.26. The van der Waals surface area contributed by atoms with E-state index < -0.39 is 11.6 Å². The molecule has 0 saturated heterocycles. The highest BCUT2D eigenvalue weighted by Crippen LogP contribution is 2.19. The number of ether oxygens (including phenoxy) is 1. The van der Waals surface area contributed by atoms with Crippen LogP contribution in [0.1, 0.15) is 181 Å². The summed E-state index contributed by atoms with van der Waals surface area (Å²) in [5.41, 5.74) is 0. The lowest BCUT2D eigenvalue weighted by molar-refractivity contribution is -0.242. The van der Waals surface area contributed by atoms with Crippen LogP contribution < -0.4 is 0 Å². The van der Waals surface area contributed by atoms with Gasteiger partial charge in [-0.15, -0.1) is 0 Å². The van der Waals surface area contributed by atoms with Gasteiger partial charge in [0.05, 0.1) is 0 Å². The molecule has 37 heavy (non-hydrogen) atoms. The summed E-state index contributed by atoms with van der Waals surface area (Å²) < 4.78 is 5.28. The summed E-state index contributed by atoms with van der Waals surface area (Å²) in [6, 6.07) is 0. The monoisotopic (exact) mass is 530 g/mol. The average Bonchev–Trinajstić information content (AvgIpc) is 2.85. The Morgan fingerprint density at radius 1 is 0.351 bits per heavy atom. The van der Waals surface area contributed by atoms with Gasteiger partial charge in [-0.05, 0) is 12.8 Å². The third-order valence-electron chi connectivity index (χ3n) is 7.53. The van der Waals surface area contributed by atoms with Gasteiger partial charge in [0.15, 0.2) is 11.6 Å². The second-order valence-electron chi connectivity index (χ2n) is 11.7. The van der Waals surface area contributed by atoms with Gasteiger partial charge in [-0.2, -0.15) is 0 Å². The summed E-state index contributed by atoms with van der Waals surface area (Å²) in [5.74, 6) is -3.80. The molecule has 0 aromatic carbocycles. The van der Waals surface area contributed by atoms with Crippen LogP contribution in [-0.4, -0.2) is 45.2 Å². The molecule has 0 aromatic heterocycles. The Hall–Kier alpha value is -0.200. The molecule has 0 aliphatic rings. The minimum atomic E-state index is -1.90. The Morgan fingerprint density at radius 2 is 0.568 bits per heavy atom. The molecule has 0 spiro atoms. The van der Waals surface area contributed by atoms with Gasteiger partial charge < -0.3 is 25.2 Å². The van der Waals surface area contributed by atoms with E-state index in [0.29, 0.717) is 0 Å². The molecule has 0 aromatic rings. The standard InChI is InChI=1S/C32H66O5/c1-3-5-7-9-11-13-15-17-19-21-23-25-27-31(33,34)29-37-30-32(35,36)28-26-24-22-20-18-16-14-12-10-8-6-4-2/h33-36H,3-30H2,1-2H3. The van der Waals surface area contributed by atoms with E-state index in [2.05, 4.69) is 13.8 Å². The minimum Gasteiger partial charge on any atom is -0.370 e. The fraction of sp³-hybridized carbons (Fsp3) is 1.00. The quantitative estimate of drug-likeness (QED) is 0.0552. The van der Waals surface area contributed by atoms with Gasteiger partial charge in [-0.3, -0.25) is 0 Å². The van der Waals surface area contributed by atoms with Crippen molar-refractivity contribution in [2.75, 3.05) is 13.2 Å². The molecule has 0 heterocycles. The van der Waals surface area contributed by atoms with E-state index in [1.54, 1.807) is 0 Å². The lowest BCUT2D eigenvalue weighted by atomic mass is 10.0. The first-order valence-corrected chi connectivity index (χ1v) is 16.3. The van der Waals surface area contributed by atoms with Crippen LogP contribution in [0.5, 0.6) is 0 Å². The molecule has 4 N–H and O–H groups in total. The first kappa shape index (κ1) is 36.8. The third-order valence-corrected chi connectivity index (χ3v) is 7.53. The Kier molecular flexibility index (Phi) is 25.9. The smallest absolute Gasteiger partial charge is 0.186 e. The molecule has 5 heteroatoms. The number of rotatable bonds is 30. The van der Waals surface area contributed by atoms with Crippen molar-refractivity contribution < 1.29 is 25.2 Å². The second kappa shape index (κ2) is 26.0. The Balaban J connectivity index is 3.56. The topological polar surface area (TPSA) is 90.2 Å². The van der Waals surface area contributed by atoms with Crippen molar-refractivity contribution in [2.45, 2.75) is 192 Å². The second-order valence-corrected chi connectivity index (χ2v) is 11.7. The van der Waals surface area contributed by atoms with Gasteiger partial charge in [0.25, 0.3) is 0 Å². The van der Waals surface area contributed by atoms with Crippen LogP contribution in [0.3, 0.4) is 0 Å². The zero-order chi connectivity index (χ0) is 27.5. The number of hydrogen-bond donors (Lipinski definition) is 4. The summed E-state index contributed by atoms with van der Waals surface area (Å²) >= 11 is 0. The fourth-order valence-corrected chi connectivity index (χ4v) is 5.02. The van der Waals surface area contributed by atoms with Gasteiger partial charge in [-0.25, -0.2) is 0 Å². The molecule has 0 rings (SSSR count). The van der Waals surface area contributed by atoms with Crippen molar-refractivity contribution in [1.82, 2.24) is 0 Å². The molecular formula is C32H66O5. The predicted octanol–water partition coefficient (Wildman–Crippen LogP) is 8.55. The van der Waals surface area contributed by atoms with E-state index >= 15 is 0 Å². The summed E-state index contributed by atoms with van der Waals surface area (Å²) in [7, 11) is 0. The molecule has 0 aliphatic heterocycles. The zero-order valence-corrected chi connectivity index (χ0v) is 25.0. The molecule has 0 aliphatic carbocycles. The van der Waals surface area contributed by atoms with Crippen LogP contribution >= 0.6 is 0 Å². The normalized spacial score (nSPS) is 12.5. The maximum atomic E-state index is 10.1. The highest BCUT2D eigenvalue weighted by molar-refractivity contribution is 4.68. The average molecular weight is 531 g/mol. The number of aliphatic hydroxyl groups is 4. The van der Waals surface area contributed by atoms with Crippen LogP contribution in [0.25, 0.3) is 0 Å². The SMILES string of the molecule is CCCCCCCCCCCCCCC(O)(O)COCC(O)(O)CCCCCCCCCCCCCC. The molecule has 0 saturated carbocycles. The summed E-state index contributed by atoms with van der Waals surface area (Å²) in [4.78, 5) is 0. The Bertz CT molecular complexity index is 412. The minimum absolute atomic E-state index is 0.257. The van der Waals surface area contributed by atoms with E-state index in [4.69, 9.17) is 4.74 Å². The molecule has 5 nitrogen and oxygen atoms in total. The van der Waals surface area contributed by atoms with Crippen LogP contribution in [0.15, 0.2) is 0 Å². The van der Waals surface area contributed by atoms with Crippen molar-refractivity contribution in [3.63, 3.8) is 0 Å². The van der Waals surface area contributed by atoms with E-state index in [1.807, 2.05) is 0 Å². The largest absolute Gasteiger partial charge is 0.370 e. The molecule has 0 radical (unpaired) electrons. The summed E-state index contributed by atoms with van der Waals surface area (Å²) in [5, 5.41) is 40.5. The first-order chi connectivity index (χ1) is 17.8. The molecule has 224 valence electrons. The van der Waals surface area contributed by atoms with Crippen LogP contribution in [0.4, 0.5) is 0 Å². The maximum Gasteiger partial charge on any atom is 0.186 e. The Labute approximate surface area is 230 Å². The summed E-state index contributed by atoms with van der Waals surface area (Å²) in [6.45, 7) is 3.93. The first-order valence-electron chi connectivity index (χ1n) is 16.3. The van der Waals surface area contributed by atoms with Crippen molar-refractivity contribution in [2.24, 2.45) is 0 Å². The highest BCUT2D eigenvalue weighted by Gasteiger charge is 2.27. The zero-order valence-electron chi connectivity index (χ0n) is 25.0. The van der Waals surface area contributed by atoms with Crippen molar-refractivity contribution in [3.8, 4) is 0 Å². The number of hydrogen-bond acceptors (Lipinski definition) is 5. The fourth-order valence-electron chi connectivity index (χ4n) is 5.02. The van der Waals surface area contributed by atoms with Gasteiger partial charge in [-0.1, -0.05) is 155 Å². The van der Waals surface area contributed by atoms with Gasteiger partial charge >= 0.3 is 0 Å². The maximum absolute atomic E-state index is 10.1.